The molecule has 3 atom stereocenters. The standard InChI is InChI=1S/C32H36F7N3O4/c1-18-12-24(33)4-5-25(18)27-17-42(29(45)21-6-9-41(10-7-21)28(44)19(2)43)11-8-26(27)30(46)40(3)16-20-13-22(31(34,35)36)15-23(14-20)32(37,38)39/h4-5,12-15,19,21,26-27,43H,6-11,16-17H2,1-3H3/t19-,26-,27?/m0/s1. The maximum absolute atomic E-state index is 14.0. The Morgan fingerprint density at radius 1 is 0.913 bits per heavy atom. The molecule has 2 fully saturated rings. The van der Waals surface area contributed by atoms with E-state index in [1.165, 1.54) is 37.1 Å². The molecule has 2 aliphatic rings. The van der Waals surface area contributed by atoms with Gasteiger partial charge in [-0.15, -0.1) is 0 Å². The van der Waals surface area contributed by atoms with Gasteiger partial charge in [0.25, 0.3) is 5.91 Å². The number of nitrogens with zero attached hydrogens (tertiary/aromatic N) is 3. The molecule has 0 aromatic heterocycles. The summed E-state index contributed by atoms with van der Waals surface area (Å²) in [5.74, 6) is -3.44. The minimum absolute atomic E-state index is 0.0280. The summed E-state index contributed by atoms with van der Waals surface area (Å²) in [5.41, 5.74) is -2.18. The zero-order valence-corrected chi connectivity index (χ0v) is 25.6. The van der Waals surface area contributed by atoms with Crippen LogP contribution >= 0.6 is 0 Å². The van der Waals surface area contributed by atoms with Crippen LogP contribution in [0.1, 0.15) is 59.9 Å². The summed E-state index contributed by atoms with van der Waals surface area (Å²) in [7, 11) is 1.30. The van der Waals surface area contributed by atoms with Gasteiger partial charge >= 0.3 is 12.4 Å². The van der Waals surface area contributed by atoms with E-state index in [0.717, 1.165) is 4.90 Å². The molecule has 2 aromatic carbocycles. The van der Waals surface area contributed by atoms with E-state index in [1.807, 2.05) is 0 Å². The van der Waals surface area contributed by atoms with Gasteiger partial charge in [0, 0.05) is 57.5 Å². The third-order valence-corrected chi connectivity index (χ3v) is 8.83. The first-order valence-corrected chi connectivity index (χ1v) is 14.9. The van der Waals surface area contributed by atoms with E-state index < -0.39 is 71.5 Å². The highest BCUT2D eigenvalue weighted by molar-refractivity contribution is 5.83. The summed E-state index contributed by atoms with van der Waals surface area (Å²) < 4.78 is 94.5. The van der Waals surface area contributed by atoms with E-state index in [1.54, 1.807) is 11.8 Å². The summed E-state index contributed by atoms with van der Waals surface area (Å²) in [6, 6.07) is 5.23. The number of hydrogen-bond donors (Lipinski definition) is 1. The Labute approximate surface area is 261 Å². The van der Waals surface area contributed by atoms with Crippen LogP contribution in [0.4, 0.5) is 30.7 Å². The summed E-state index contributed by atoms with van der Waals surface area (Å²) in [6.45, 7) is 3.36. The number of aliphatic hydroxyl groups is 1. The van der Waals surface area contributed by atoms with Crippen LogP contribution in [0, 0.1) is 24.6 Å². The second kappa shape index (κ2) is 13.6. The van der Waals surface area contributed by atoms with Gasteiger partial charge in [0.15, 0.2) is 0 Å². The number of halogens is 7. The molecule has 46 heavy (non-hydrogen) atoms. The first-order valence-electron chi connectivity index (χ1n) is 14.9. The Hall–Kier alpha value is -3.68. The highest BCUT2D eigenvalue weighted by atomic mass is 19.4. The van der Waals surface area contributed by atoms with Crippen molar-refractivity contribution < 1.29 is 50.2 Å². The maximum Gasteiger partial charge on any atom is 0.416 e. The first-order chi connectivity index (χ1) is 21.4. The van der Waals surface area contributed by atoms with Crippen molar-refractivity contribution in [2.75, 3.05) is 33.2 Å². The zero-order valence-electron chi connectivity index (χ0n) is 25.6. The van der Waals surface area contributed by atoms with Crippen molar-refractivity contribution >= 4 is 17.7 Å². The molecule has 0 spiro atoms. The molecule has 1 unspecified atom stereocenters. The number of hydrogen-bond acceptors (Lipinski definition) is 4. The highest BCUT2D eigenvalue weighted by Gasteiger charge is 2.41. The number of aliphatic hydroxyl groups excluding tert-OH is 1. The fourth-order valence-electron chi connectivity index (χ4n) is 6.43. The molecule has 4 rings (SSSR count). The Morgan fingerprint density at radius 3 is 2.00 bits per heavy atom. The van der Waals surface area contributed by atoms with Gasteiger partial charge in [0.1, 0.15) is 11.9 Å². The minimum atomic E-state index is -5.04. The molecule has 2 heterocycles. The highest BCUT2D eigenvalue weighted by Crippen LogP contribution is 2.39. The molecule has 14 heteroatoms. The van der Waals surface area contributed by atoms with Crippen LogP contribution < -0.4 is 0 Å². The molecular weight excluding hydrogens is 623 g/mol. The third-order valence-electron chi connectivity index (χ3n) is 8.83. The van der Waals surface area contributed by atoms with Gasteiger partial charge in [-0.1, -0.05) is 6.07 Å². The SMILES string of the molecule is Cc1cc(F)ccc1C1CN(C(=O)C2CCN(C(=O)[C@H](C)O)CC2)CC[C@@H]1C(=O)N(C)Cc1cc(C(F)(F)F)cc(C(F)(F)F)c1. The van der Waals surface area contributed by atoms with Crippen molar-refractivity contribution in [3.63, 3.8) is 0 Å². The fraction of sp³-hybridized carbons (Fsp3) is 0.531. The van der Waals surface area contributed by atoms with Crippen molar-refractivity contribution in [2.45, 2.75) is 64.0 Å². The molecule has 2 aromatic rings. The maximum atomic E-state index is 14.0. The summed E-state index contributed by atoms with van der Waals surface area (Å²) >= 11 is 0. The van der Waals surface area contributed by atoms with Gasteiger partial charge in [-0.05, 0) is 80.1 Å². The molecule has 1 N–H and O–H groups in total. The molecule has 3 amide bonds. The van der Waals surface area contributed by atoms with Crippen molar-refractivity contribution in [2.24, 2.45) is 11.8 Å². The Kier molecular flexibility index (Phi) is 10.4. The number of likely N-dealkylation sites (tertiary alicyclic amines) is 2. The normalized spacial score (nSPS) is 20.4. The molecule has 0 radical (unpaired) electrons. The minimum Gasteiger partial charge on any atom is -0.384 e. The van der Waals surface area contributed by atoms with Gasteiger partial charge in [0.2, 0.25) is 11.8 Å². The summed E-state index contributed by atoms with van der Waals surface area (Å²) in [5, 5.41) is 9.60. The monoisotopic (exact) mass is 659 g/mol. The van der Waals surface area contributed by atoms with Crippen LogP contribution in [0.15, 0.2) is 36.4 Å². The van der Waals surface area contributed by atoms with Crippen LogP contribution in [0.5, 0.6) is 0 Å². The van der Waals surface area contributed by atoms with Crippen molar-refractivity contribution in [1.29, 1.82) is 0 Å². The third kappa shape index (κ3) is 7.99. The van der Waals surface area contributed by atoms with Crippen LogP contribution in [0.3, 0.4) is 0 Å². The van der Waals surface area contributed by atoms with Crippen LogP contribution in [0.25, 0.3) is 0 Å². The van der Waals surface area contributed by atoms with Crippen LogP contribution in [-0.2, 0) is 33.3 Å². The first kappa shape index (κ1) is 35.2. The summed E-state index contributed by atoms with van der Waals surface area (Å²) in [6.07, 6.45) is -10.3. The summed E-state index contributed by atoms with van der Waals surface area (Å²) in [4.78, 5) is 43.7. The molecule has 252 valence electrons. The number of piperidine rings is 2. The lowest BCUT2D eigenvalue weighted by molar-refractivity contribution is -0.147. The van der Waals surface area contributed by atoms with E-state index >= 15 is 0 Å². The Bertz CT molecular complexity index is 1420. The van der Waals surface area contributed by atoms with E-state index in [4.69, 9.17) is 0 Å². The molecule has 7 nitrogen and oxygen atoms in total. The molecule has 2 saturated heterocycles. The lowest BCUT2D eigenvalue weighted by atomic mass is 9.77. The van der Waals surface area contributed by atoms with Crippen molar-refractivity contribution in [3.05, 3.63) is 70.0 Å². The zero-order chi connectivity index (χ0) is 34.1. The number of benzene rings is 2. The number of alkyl halides is 6. The second-order valence-corrected chi connectivity index (χ2v) is 12.2. The fourth-order valence-corrected chi connectivity index (χ4v) is 6.43. The molecular formula is C32H36F7N3O4. The lowest BCUT2D eigenvalue weighted by Crippen LogP contribution is -2.51. The largest absolute Gasteiger partial charge is 0.416 e. The number of rotatable bonds is 6. The van der Waals surface area contributed by atoms with E-state index in [0.29, 0.717) is 49.2 Å². The Morgan fingerprint density at radius 2 is 1.48 bits per heavy atom. The average molecular weight is 660 g/mol. The van der Waals surface area contributed by atoms with E-state index in [2.05, 4.69) is 0 Å². The molecule has 2 aliphatic heterocycles. The number of carbonyl (C=O) groups excluding carboxylic acids is 3. The van der Waals surface area contributed by atoms with Gasteiger partial charge < -0.3 is 19.8 Å². The number of carbonyl (C=O) groups is 3. The predicted molar refractivity (Wildman–Crippen MR) is 152 cm³/mol. The van der Waals surface area contributed by atoms with Gasteiger partial charge in [0.05, 0.1) is 11.1 Å². The molecule has 0 aliphatic carbocycles. The van der Waals surface area contributed by atoms with Gasteiger partial charge in [-0.25, -0.2) is 4.39 Å². The van der Waals surface area contributed by atoms with Crippen molar-refractivity contribution in [3.8, 4) is 0 Å². The van der Waals surface area contributed by atoms with E-state index in [9.17, 15) is 50.2 Å². The quantitative estimate of drug-likeness (QED) is 0.423. The number of aryl methyl sites for hydroxylation is 1. The topological polar surface area (TPSA) is 81.2 Å². The smallest absolute Gasteiger partial charge is 0.384 e. The molecule has 0 saturated carbocycles. The lowest BCUT2D eigenvalue weighted by Gasteiger charge is -2.42. The van der Waals surface area contributed by atoms with Gasteiger partial charge in [-0.3, -0.25) is 14.4 Å². The van der Waals surface area contributed by atoms with Gasteiger partial charge in [-0.2, -0.15) is 26.3 Å². The number of amides is 3. The average Bonchev–Trinajstić information content (AvgIpc) is 2.98. The van der Waals surface area contributed by atoms with Crippen LogP contribution in [0.2, 0.25) is 0 Å². The molecule has 0 bridgehead atoms. The predicted octanol–water partition coefficient (Wildman–Crippen LogP) is 5.38. The van der Waals surface area contributed by atoms with Crippen LogP contribution in [-0.4, -0.2) is 76.9 Å². The van der Waals surface area contributed by atoms with Crippen molar-refractivity contribution in [1.82, 2.24) is 14.7 Å². The Balaban J connectivity index is 1.56. The second-order valence-electron chi connectivity index (χ2n) is 12.2. The van der Waals surface area contributed by atoms with E-state index in [-0.39, 0.29) is 37.0 Å².